The van der Waals surface area contributed by atoms with Crippen LogP contribution in [0.2, 0.25) is 0 Å². The molecule has 0 amide bonds. The Balaban J connectivity index is 2.30. The van der Waals surface area contributed by atoms with E-state index in [1.807, 2.05) is 0 Å². The van der Waals surface area contributed by atoms with Crippen molar-refractivity contribution in [2.45, 2.75) is 18.4 Å². The first-order valence-electron chi connectivity index (χ1n) is 5.44. The molecular formula is C10H16O6S. The van der Waals surface area contributed by atoms with Gasteiger partial charge in [-0.25, -0.2) is 8.42 Å². The van der Waals surface area contributed by atoms with E-state index < -0.39 is 26.8 Å². The highest BCUT2D eigenvalue weighted by Gasteiger charge is 2.62. The topological polar surface area (TPSA) is 89.9 Å². The van der Waals surface area contributed by atoms with Crippen molar-refractivity contribution in [3.8, 4) is 0 Å². The number of hydrogen-bond donors (Lipinski definition) is 1. The van der Waals surface area contributed by atoms with Crippen LogP contribution in [0.15, 0.2) is 0 Å². The Labute approximate surface area is 99.8 Å². The molecule has 0 atom stereocenters. The summed E-state index contributed by atoms with van der Waals surface area (Å²) in [5.41, 5.74) is -2.42. The van der Waals surface area contributed by atoms with Crippen LogP contribution in [0.4, 0.5) is 0 Å². The van der Waals surface area contributed by atoms with Crippen LogP contribution in [0.1, 0.15) is 12.8 Å². The maximum absolute atomic E-state index is 11.9. The average molecular weight is 264 g/mol. The molecule has 6 nitrogen and oxygen atoms in total. The fraction of sp³-hybridized carbons (Fsp3) is 0.900. The molecule has 0 spiro atoms. The summed E-state index contributed by atoms with van der Waals surface area (Å²) in [5, 5.41) is 10.3. The first-order chi connectivity index (χ1) is 7.85. The molecule has 17 heavy (non-hydrogen) atoms. The maximum atomic E-state index is 11.9. The Morgan fingerprint density at radius 1 is 1.29 bits per heavy atom. The summed E-state index contributed by atoms with van der Waals surface area (Å²) in [6.45, 7) is 0.115. The van der Waals surface area contributed by atoms with E-state index in [1.165, 1.54) is 7.11 Å². The minimum absolute atomic E-state index is 0.0577. The molecule has 0 radical (unpaired) electrons. The fourth-order valence-corrected chi connectivity index (χ4v) is 4.04. The Bertz CT molecular complexity index is 408. The predicted octanol–water partition coefficient (Wildman–Crippen LogP) is -0.884. The summed E-state index contributed by atoms with van der Waals surface area (Å²) in [4.78, 5) is 11.9. The lowest BCUT2D eigenvalue weighted by molar-refractivity contribution is -0.247. The van der Waals surface area contributed by atoms with E-state index in [0.29, 0.717) is 0 Å². The molecule has 0 aliphatic carbocycles. The Morgan fingerprint density at radius 2 is 1.82 bits per heavy atom. The zero-order valence-electron chi connectivity index (χ0n) is 9.64. The van der Waals surface area contributed by atoms with Crippen LogP contribution < -0.4 is 0 Å². The third-order valence-corrected chi connectivity index (χ3v) is 5.48. The minimum atomic E-state index is -3.10. The van der Waals surface area contributed by atoms with Crippen LogP contribution in [0, 0.1) is 5.41 Å². The van der Waals surface area contributed by atoms with E-state index >= 15 is 0 Å². The van der Waals surface area contributed by atoms with E-state index in [4.69, 9.17) is 9.47 Å². The van der Waals surface area contributed by atoms with Crippen molar-refractivity contribution in [2.24, 2.45) is 5.41 Å². The number of methoxy groups -OCH3 is 1. The summed E-state index contributed by atoms with van der Waals surface area (Å²) in [6.07, 6.45) is 0.198. The summed E-state index contributed by atoms with van der Waals surface area (Å²) in [6, 6.07) is 0. The van der Waals surface area contributed by atoms with Crippen LogP contribution in [0.3, 0.4) is 0 Å². The molecule has 2 heterocycles. The first kappa shape index (κ1) is 12.8. The van der Waals surface area contributed by atoms with Crippen molar-refractivity contribution in [2.75, 3.05) is 31.8 Å². The van der Waals surface area contributed by atoms with Gasteiger partial charge in [-0.1, -0.05) is 0 Å². The Kier molecular flexibility index (Phi) is 2.95. The van der Waals surface area contributed by atoms with Crippen LogP contribution in [-0.2, 0) is 24.1 Å². The van der Waals surface area contributed by atoms with Crippen molar-refractivity contribution < 1.29 is 27.8 Å². The van der Waals surface area contributed by atoms with Crippen LogP contribution >= 0.6 is 0 Å². The van der Waals surface area contributed by atoms with Crippen LogP contribution in [0.25, 0.3) is 0 Å². The number of aliphatic hydroxyl groups is 1. The molecule has 0 aromatic carbocycles. The molecule has 0 aromatic heterocycles. The van der Waals surface area contributed by atoms with Gasteiger partial charge in [-0.05, 0) is 12.8 Å². The van der Waals surface area contributed by atoms with Gasteiger partial charge in [0.2, 0.25) is 0 Å². The van der Waals surface area contributed by atoms with Crippen molar-refractivity contribution in [1.82, 2.24) is 0 Å². The van der Waals surface area contributed by atoms with Gasteiger partial charge in [-0.15, -0.1) is 0 Å². The largest absolute Gasteiger partial charge is 0.469 e. The predicted molar refractivity (Wildman–Crippen MR) is 58.1 cm³/mol. The van der Waals surface area contributed by atoms with E-state index in [0.717, 1.165) is 0 Å². The van der Waals surface area contributed by atoms with E-state index in [2.05, 4.69) is 0 Å². The second-order valence-corrected chi connectivity index (χ2v) is 7.05. The van der Waals surface area contributed by atoms with Crippen molar-refractivity contribution in [3.63, 3.8) is 0 Å². The van der Waals surface area contributed by atoms with Gasteiger partial charge in [0.05, 0.1) is 31.8 Å². The number of hydrogen-bond acceptors (Lipinski definition) is 6. The van der Waals surface area contributed by atoms with Gasteiger partial charge in [0.15, 0.2) is 0 Å². The number of ether oxygens (including phenoxy) is 2. The van der Waals surface area contributed by atoms with Gasteiger partial charge in [0.1, 0.15) is 20.9 Å². The molecule has 2 aliphatic rings. The normalized spacial score (nSPS) is 29.1. The highest BCUT2D eigenvalue weighted by atomic mass is 32.2. The summed E-state index contributed by atoms with van der Waals surface area (Å²) in [5.74, 6) is -0.729. The molecule has 2 saturated heterocycles. The zero-order chi connectivity index (χ0) is 12.7. The first-order valence-corrected chi connectivity index (χ1v) is 7.26. The van der Waals surface area contributed by atoms with Gasteiger partial charge >= 0.3 is 5.97 Å². The molecule has 0 bridgehead atoms. The lowest BCUT2D eigenvalue weighted by Gasteiger charge is -2.51. The van der Waals surface area contributed by atoms with Gasteiger partial charge in [-0.2, -0.15) is 0 Å². The van der Waals surface area contributed by atoms with E-state index in [1.54, 1.807) is 0 Å². The van der Waals surface area contributed by atoms with Crippen LogP contribution in [0.5, 0.6) is 0 Å². The standard InChI is InChI=1S/C10H16O6S/c1-15-8(11)9(10(12)6-16-7-10)2-4-17(13,14)5-3-9/h12H,2-7H2,1H3. The summed E-state index contributed by atoms with van der Waals surface area (Å²) < 4.78 is 32.5. The molecule has 2 aliphatic heterocycles. The molecule has 0 saturated carbocycles. The lowest BCUT2D eigenvalue weighted by Crippen LogP contribution is -2.66. The van der Waals surface area contributed by atoms with Crippen molar-refractivity contribution in [3.05, 3.63) is 0 Å². The number of rotatable bonds is 2. The fourth-order valence-electron chi connectivity index (χ4n) is 2.51. The molecule has 1 N–H and O–H groups in total. The highest BCUT2D eigenvalue weighted by Crippen LogP contribution is 2.46. The second kappa shape index (κ2) is 3.93. The summed E-state index contributed by atoms with van der Waals surface area (Å²) in [7, 11) is -1.85. The molecule has 0 aromatic rings. The van der Waals surface area contributed by atoms with Gasteiger partial charge in [-0.3, -0.25) is 4.79 Å². The molecule has 7 heteroatoms. The molecule has 2 fully saturated rings. The highest BCUT2D eigenvalue weighted by molar-refractivity contribution is 7.91. The maximum Gasteiger partial charge on any atom is 0.314 e. The smallest absolute Gasteiger partial charge is 0.314 e. The SMILES string of the molecule is COC(=O)C1(C2(O)COC2)CCS(=O)(=O)CC1. The lowest BCUT2D eigenvalue weighted by atomic mass is 9.66. The van der Waals surface area contributed by atoms with E-state index in [-0.39, 0.29) is 37.6 Å². The van der Waals surface area contributed by atoms with Crippen LogP contribution in [-0.4, -0.2) is 56.9 Å². The average Bonchev–Trinajstić information content (AvgIpc) is 2.25. The van der Waals surface area contributed by atoms with Crippen molar-refractivity contribution >= 4 is 15.8 Å². The number of esters is 1. The molecule has 98 valence electrons. The van der Waals surface area contributed by atoms with Crippen molar-refractivity contribution in [1.29, 1.82) is 0 Å². The Morgan fingerprint density at radius 3 is 2.18 bits per heavy atom. The molecule has 2 rings (SSSR count). The van der Waals surface area contributed by atoms with Gasteiger partial charge < -0.3 is 14.6 Å². The second-order valence-electron chi connectivity index (χ2n) is 4.75. The monoisotopic (exact) mass is 264 g/mol. The third-order valence-electron chi connectivity index (χ3n) is 3.83. The number of sulfone groups is 1. The Hall–Kier alpha value is -0.660. The quantitative estimate of drug-likeness (QED) is 0.651. The number of carbonyl (C=O) groups is 1. The number of carbonyl (C=O) groups excluding carboxylic acids is 1. The van der Waals surface area contributed by atoms with E-state index in [9.17, 15) is 18.3 Å². The van der Waals surface area contributed by atoms with Gasteiger partial charge in [0, 0.05) is 0 Å². The molecule has 0 unspecified atom stereocenters. The third kappa shape index (κ3) is 1.86. The minimum Gasteiger partial charge on any atom is -0.469 e. The van der Waals surface area contributed by atoms with Gasteiger partial charge in [0.25, 0.3) is 0 Å². The zero-order valence-corrected chi connectivity index (χ0v) is 10.5. The molecular weight excluding hydrogens is 248 g/mol. The summed E-state index contributed by atoms with van der Waals surface area (Å²) >= 11 is 0.